The highest BCUT2D eigenvalue weighted by Gasteiger charge is 2.27. The molecule has 0 aliphatic carbocycles. The van der Waals surface area contributed by atoms with E-state index in [9.17, 15) is 0 Å². The lowest BCUT2D eigenvalue weighted by molar-refractivity contribution is 0.453. The molecular weight excluding hydrogens is 273 g/mol. The van der Waals surface area contributed by atoms with Gasteiger partial charge >= 0.3 is 0 Å². The van der Waals surface area contributed by atoms with Crippen molar-refractivity contribution in [1.29, 1.82) is 0 Å². The first-order valence-electron chi connectivity index (χ1n) is 7.66. The van der Waals surface area contributed by atoms with Crippen LogP contribution in [0, 0.1) is 12.8 Å². The molecular formula is C19H22NP. The van der Waals surface area contributed by atoms with E-state index in [0.29, 0.717) is 5.92 Å². The summed E-state index contributed by atoms with van der Waals surface area (Å²) in [4.78, 5) is 2.47. The fraction of sp³-hybridized carbons (Fsp3) is 0.316. The highest BCUT2D eigenvalue weighted by molar-refractivity contribution is 7.21. The number of rotatable bonds is 4. The normalized spacial score (nSPS) is 19.1. The molecule has 0 bridgehead atoms. The van der Waals surface area contributed by atoms with Crippen LogP contribution in [-0.2, 0) is 13.0 Å². The van der Waals surface area contributed by atoms with Gasteiger partial charge in [0.1, 0.15) is 0 Å². The maximum atomic E-state index is 3.91. The van der Waals surface area contributed by atoms with Crippen molar-refractivity contribution in [3.8, 4) is 0 Å². The maximum absolute atomic E-state index is 3.91. The minimum Gasteiger partial charge on any atom is -0.270 e. The van der Waals surface area contributed by atoms with Crippen LogP contribution in [0.5, 0.6) is 0 Å². The summed E-state index contributed by atoms with van der Waals surface area (Å²) < 4.78 is 0. The molecule has 1 nitrogen and oxygen atoms in total. The molecule has 0 N–H and O–H groups in total. The summed E-state index contributed by atoms with van der Waals surface area (Å²) in [6.07, 6.45) is 2.37. The quantitative estimate of drug-likeness (QED) is 0.759. The van der Waals surface area contributed by atoms with Gasteiger partial charge in [-0.1, -0.05) is 54.6 Å². The van der Waals surface area contributed by atoms with Gasteiger partial charge in [-0.2, -0.15) is 0 Å². The highest BCUT2D eigenvalue weighted by Crippen LogP contribution is 2.26. The van der Waals surface area contributed by atoms with Crippen LogP contribution in [0.1, 0.15) is 23.1 Å². The highest BCUT2D eigenvalue weighted by atomic mass is 31.0. The van der Waals surface area contributed by atoms with E-state index in [1.54, 1.807) is 0 Å². The zero-order valence-corrected chi connectivity index (χ0v) is 13.5. The van der Waals surface area contributed by atoms with E-state index in [1.165, 1.54) is 28.5 Å². The molecule has 1 heterocycles. The second-order valence-electron chi connectivity index (χ2n) is 5.91. The Kier molecular flexibility index (Phi) is 4.53. The largest absolute Gasteiger partial charge is 0.270 e. The van der Waals surface area contributed by atoms with E-state index in [0.717, 1.165) is 19.5 Å². The van der Waals surface area contributed by atoms with Crippen molar-refractivity contribution in [3.05, 3.63) is 71.3 Å². The van der Waals surface area contributed by atoms with E-state index >= 15 is 0 Å². The Morgan fingerprint density at radius 1 is 1.05 bits per heavy atom. The van der Waals surface area contributed by atoms with Crippen molar-refractivity contribution >= 4 is 14.3 Å². The van der Waals surface area contributed by atoms with Gasteiger partial charge in [0.15, 0.2) is 0 Å². The fourth-order valence-electron chi connectivity index (χ4n) is 3.10. The standard InChI is InChI=1S/C19H22NP/c1-15-7-5-6-10-17(15)13-18-11-12-20(19(18)21)14-16-8-3-2-4-9-16/h2-10,18,21H,11-14H2,1H3. The van der Waals surface area contributed by atoms with Crippen LogP contribution in [0.25, 0.3) is 0 Å². The maximum Gasteiger partial charge on any atom is 0.0281 e. The van der Waals surface area contributed by atoms with Crippen molar-refractivity contribution < 1.29 is 0 Å². The summed E-state index contributed by atoms with van der Waals surface area (Å²) in [6, 6.07) is 19.4. The predicted octanol–water partition coefficient (Wildman–Crippen LogP) is 4.33. The summed E-state index contributed by atoms with van der Waals surface area (Å²) in [5.41, 5.74) is 5.62. The molecule has 1 aliphatic heterocycles. The number of likely N-dealkylation sites (tertiary alicyclic amines) is 1. The Balaban J connectivity index is 1.65. The van der Waals surface area contributed by atoms with Crippen LogP contribution in [-0.4, -0.2) is 16.9 Å². The summed E-state index contributed by atoms with van der Waals surface area (Å²) in [7, 11) is 3.91. The Bertz CT molecular complexity index is 620. The molecule has 3 rings (SSSR count). The second-order valence-corrected chi connectivity index (χ2v) is 6.42. The third kappa shape index (κ3) is 3.43. The molecule has 1 unspecified atom stereocenters. The minimum absolute atomic E-state index is 0.617. The van der Waals surface area contributed by atoms with Crippen LogP contribution >= 0.6 is 8.86 Å². The fourth-order valence-corrected chi connectivity index (χ4v) is 3.54. The van der Waals surface area contributed by atoms with Crippen LogP contribution in [0.3, 0.4) is 0 Å². The molecule has 2 aromatic rings. The molecule has 0 saturated carbocycles. The third-order valence-corrected chi connectivity index (χ3v) is 5.14. The smallest absolute Gasteiger partial charge is 0.0281 e. The SMILES string of the molecule is Cc1ccccc1CC1CCN(Cc2ccccc2)C1=P. The van der Waals surface area contributed by atoms with Gasteiger partial charge in [0.25, 0.3) is 0 Å². The van der Waals surface area contributed by atoms with Gasteiger partial charge < -0.3 is 0 Å². The van der Waals surface area contributed by atoms with Crippen molar-refractivity contribution in [2.45, 2.75) is 26.3 Å². The minimum atomic E-state index is 0.617. The molecule has 108 valence electrons. The molecule has 1 saturated heterocycles. The lowest BCUT2D eigenvalue weighted by Crippen LogP contribution is -2.25. The van der Waals surface area contributed by atoms with E-state index in [1.807, 2.05) is 0 Å². The summed E-state index contributed by atoms with van der Waals surface area (Å²) in [6.45, 7) is 4.35. The van der Waals surface area contributed by atoms with Crippen LogP contribution < -0.4 is 0 Å². The zero-order chi connectivity index (χ0) is 14.7. The number of aryl methyl sites for hydroxylation is 1. The Hall–Kier alpha value is -1.43. The Morgan fingerprint density at radius 3 is 2.52 bits per heavy atom. The van der Waals surface area contributed by atoms with E-state index in [-0.39, 0.29) is 0 Å². The molecule has 1 atom stereocenters. The number of benzene rings is 2. The molecule has 2 heteroatoms. The number of nitrogens with zero attached hydrogens (tertiary/aromatic N) is 1. The van der Waals surface area contributed by atoms with E-state index < -0.39 is 0 Å². The molecule has 0 radical (unpaired) electrons. The molecule has 21 heavy (non-hydrogen) atoms. The Labute approximate surface area is 129 Å². The first-order chi connectivity index (χ1) is 10.2. The molecule has 1 aliphatic rings. The van der Waals surface area contributed by atoms with Gasteiger partial charge in [0.05, 0.1) is 0 Å². The van der Waals surface area contributed by atoms with Gasteiger partial charge in [0, 0.05) is 24.4 Å². The predicted molar refractivity (Wildman–Crippen MR) is 93.2 cm³/mol. The molecule has 0 amide bonds. The van der Waals surface area contributed by atoms with Crippen LogP contribution in [0.4, 0.5) is 0 Å². The van der Waals surface area contributed by atoms with Gasteiger partial charge in [-0.25, -0.2) is 0 Å². The van der Waals surface area contributed by atoms with Crippen molar-refractivity contribution in [2.24, 2.45) is 5.92 Å². The van der Waals surface area contributed by atoms with Crippen molar-refractivity contribution in [2.75, 3.05) is 6.54 Å². The number of hydrogen-bond donors (Lipinski definition) is 0. The van der Waals surface area contributed by atoms with E-state index in [4.69, 9.17) is 0 Å². The van der Waals surface area contributed by atoms with Gasteiger partial charge in [-0.15, -0.1) is 8.86 Å². The van der Waals surface area contributed by atoms with Crippen molar-refractivity contribution in [3.63, 3.8) is 0 Å². The summed E-state index contributed by atoms with van der Waals surface area (Å²) in [5.74, 6) is 0.617. The average Bonchev–Trinajstić information content (AvgIpc) is 2.84. The van der Waals surface area contributed by atoms with E-state index in [2.05, 4.69) is 75.3 Å². The van der Waals surface area contributed by atoms with Gasteiger partial charge in [0.2, 0.25) is 0 Å². The summed E-state index contributed by atoms with van der Waals surface area (Å²) >= 11 is 0. The lowest BCUT2D eigenvalue weighted by Gasteiger charge is -2.19. The van der Waals surface area contributed by atoms with Gasteiger partial charge in [-0.3, -0.25) is 4.90 Å². The summed E-state index contributed by atoms with van der Waals surface area (Å²) in [5, 5.41) is 0. The van der Waals surface area contributed by atoms with Crippen molar-refractivity contribution in [1.82, 2.24) is 4.90 Å². The van der Waals surface area contributed by atoms with Crippen LogP contribution in [0.2, 0.25) is 0 Å². The van der Waals surface area contributed by atoms with Crippen LogP contribution in [0.15, 0.2) is 54.6 Å². The molecule has 1 fully saturated rings. The second kappa shape index (κ2) is 6.56. The third-order valence-electron chi connectivity index (χ3n) is 4.42. The molecule has 2 aromatic carbocycles. The topological polar surface area (TPSA) is 3.24 Å². The Morgan fingerprint density at radius 2 is 1.76 bits per heavy atom. The first kappa shape index (κ1) is 14.5. The molecule has 0 spiro atoms. The molecule has 0 aromatic heterocycles. The zero-order valence-electron chi connectivity index (χ0n) is 12.5. The first-order valence-corrected chi connectivity index (χ1v) is 8.16. The monoisotopic (exact) mass is 295 g/mol. The van der Waals surface area contributed by atoms with Gasteiger partial charge in [-0.05, 0) is 36.5 Å². The lowest BCUT2D eigenvalue weighted by atomic mass is 9.95. The number of hydrogen-bond acceptors (Lipinski definition) is 0. The average molecular weight is 295 g/mol.